The number of ether oxygens (including phenoxy) is 3. The van der Waals surface area contributed by atoms with Crippen LogP contribution in [-0.2, 0) is 4.79 Å². The summed E-state index contributed by atoms with van der Waals surface area (Å²) in [4.78, 5) is 11.8. The second-order valence-corrected chi connectivity index (χ2v) is 5.93. The molecular formula is C20H20O5. The largest absolute Gasteiger partial charge is 0.490 e. The van der Waals surface area contributed by atoms with Crippen molar-refractivity contribution in [2.45, 2.75) is 20.0 Å². The average molecular weight is 340 g/mol. The lowest BCUT2D eigenvalue weighted by Gasteiger charge is -2.19. The van der Waals surface area contributed by atoms with Crippen LogP contribution in [0.5, 0.6) is 17.2 Å². The van der Waals surface area contributed by atoms with Crippen LogP contribution in [0.25, 0.3) is 11.6 Å². The van der Waals surface area contributed by atoms with Crippen LogP contribution in [0.3, 0.4) is 0 Å². The van der Waals surface area contributed by atoms with Gasteiger partial charge in [0.05, 0.1) is 11.7 Å². The van der Waals surface area contributed by atoms with Crippen molar-refractivity contribution in [2.24, 2.45) is 0 Å². The molecule has 1 N–H and O–H groups in total. The van der Waals surface area contributed by atoms with Gasteiger partial charge >= 0.3 is 5.97 Å². The lowest BCUT2D eigenvalue weighted by atomic mass is 10.0. The van der Waals surface area contributed by atoms with Crippen molar-refractivity contribution in [3.63, 3.8) is 0 Å². The van der Waals surface area contributed by atoms with Crippen LogP contribution in [0, 0.1) is 0 Å². The van der Waals surface area contributed by atoms with E-state index in [-0.39, 0.29) is 11.7 Å². The van der Waals surface area contributed by atoms with Gasteiger partial charge in [-0.2, -0.15) is 0 Å². The van der Waals surface area contributed by atoms with Gasteiger partial charge in [-0.05, 0) is 43.7 Å². The number of aliphatic carboxylic acids is 1. The van der Waals surface area contributed by atoms with Crippen LogP contribution < -0.4 is 14.2 Å². The maximum atomic E-state index is 11.8. The maximum absolute atomic E-state index is 11.8. The number of hydrogen-bond acceptors (Lipinski definition) is 4. The Balaban J connectivity index is 2.02. The normalized spacial score (nSPS) is 13.6. The molecule has 0 unspecified atom stereocenters. The Morgan fingerprint density at radius 1 is 1.12 bits per heavy atom. The molecule has 0 fully saturated rings. The molecule has 1 aliphatic rings. The molecule has 130 valence electrons. The standard InChI is InChI=1S/C20H20O5/c1-13(2)25-17-6-4-3-5-15(17)11-16(20(21)22)14-7-8-18-19(12-14)24-10-9-23-18/h3-8,11-13H,9-10H2,1-2H3,(H,21,22)/b16-11-. The van der Waals surface area contributed by atoms with Crippen LogP contribution in [-0.4, -0.2) is 30.4 Å². The highest BCUT2D eigenvalue weighted by atomic mass is 16.6. The second-order valence-electron chi connectivity index (χ2n) is 5.93. The Labute approximate surface area is 146 Å². The predicted molar refractivity (Wildman–Crippen MR) is 95.1 cm³/mol. The number of carbonyl (C=O) groups is 1. The molecule has 5 heteroatoms. The van der Waals surface area contributed by atoms with Crippen molar-refractivity contribution in [1.29, 1.82) is 0 Å². The molecule has 0 aromatic heterocycles. The van der Waals surface area contributed by atoms with E-state index >= 15 is 0 Å². The van der Waals surface area contributed by atoms with Crippen molar-refractivity contribution >= 4 is 17.6 Å². The Hall–Kier alpha value is -2.95. The third-order valence-corrected chi connectivity index (χ3v) is 3.67. The highest BCUT2D eigenvalue weighted by Gasteiger charge is 2.17. The van der Waals surface area contributed by atoms with E-state index < -0.39 is 5.97 Å². The Bertz CT molecular complexity index is 807. The van der Waals surface area contributed by atoms with Crippen molar-refractivity contribution in [3.05, 3.63) is 53.6 Å². The van der Waals surface area contributed by atoms with Gasteiger partial charge in [0.1, 0.15) is 19.0 Å². The van der Waals surface area contributed by atoms with Crippen molar-refractivity contribution < 1.29 is 24.1 Å². The molecule has 0 amide bonds. The molecule has 5 nitrogen and oxygen atoms in total. The molecule has 0 radical (unpaired) electrons. The minimum atomic E-state index is -1.02. The summed E-state index contributed by atoms with van der Waals surface area (Å²) in [6.45, 7) is 4.81. The number of rotatable bonds is 5. The van der Waals surface area contributed by atoms with Gasteiger partial charge in [-0.15, -0.1) is 0 Å². The Kier molecular flexibility index (Phi) is 4.93. The summed E-state index contributed by atoms with van der Waals surface area (Å²) in [5.74, 6) is 0.815. The molecule has 0 aliphatic carbocycles. The van der Waals surface area contributed by atoms with Gasteiger partial charge in [0.2, 0.25) is 0 Å². The Morgan fingerprint density at radius 3 is 2.56 bits per heavy atom. The molecule has 2 aromatic rings. The molecule has 3 rings (SSSR count). The van der Waals surface area contributed by atoms with Gasteiger partial charge in [-0.25, -0.2) is 4.79 Å². The van der Waals surface area contributed by atoms with Gasteiger partial charge in [0, 0.05) is 5.56 Å². The molecule has 0 spiro atoms. The number of benzene rings is 2. The topological polar surface area (TPSA) is 65.0 Å². The minimum Gasteiger partial charge on any atom is -0.490 e. The SMILES string of the molecule is CC(C)Oc1ccccc1/C=C(\C(=O)O)c1ccc2c(c1)OCCO2. The summed E-state index contributed by atoms with van der Waals surface area (Å²) in [5.41, 5.74) is 1.43. The van der Waals surface area contributed by atoms with Gasteiger partial charge in [0.25, 0.3) is 0 Å². The quantitative estimate of drug-likeness (QED) is 0.661. The van der Waals surface area contributed by atoms with Crippen molar-refractivity contribution in [3.8, 4) is 17.2 Å². The van der Waals surface area contributed by atoms with Gasteiger partial charge in [-0.1, -0.05) is 24.3 Å². The third kappa shape index (κ3) is 3.94. The van der Waals surface area contributed by atoms with Gasteiger partial charge in [-0.3, -0.25) is 0 Å². The fourth-order valence-electron chi connectivity index (χ4n) is 2.60. The highest BCUT2D eigenvalue weighted by Crippen LogP contribution is 2.34. The van der Waals surface area contributed by atoms with E-state index in [1.165, 1.54) is 0 Å². The summed E-state index contributed by atoms with van der Waals surface area (Å²) < 4.78 is 16.8. The van der Waals surface area contributed by atoms with E-state index in [1.807, 2.05) is 38.1 Å². The van der Waals surface area contributed by atoms with E-state index in [1.54, 1.807) is 24.3 Å². The molecule has 0 atom stereocenters. The lowest BCUT2D eigenvalue weighted by molar-refractivity contribution is -0.130. The third-order valence-electron chi connectivity index (χ3n) is 3.67. The van der Waals surface area contributed by atoms with Crippen molar-refractivity contribution in [2.75, 3.05) is 13.2 Å². The van der Waals surface area contributed by atoms with E-state index in [9.17, 15) is 9.90 Å². The summed E-state index contributed by atoms with van der Waals surface area (Å²) in [6, 6.07) is 12.5. The molecule has 25 heavy (non-hydrogen) atoms. The van der Waals surface area contributed by atoms with E-state index in [2.05, 4.69) is 0 Å². The number of carboxylic acid groups (broad SMARTS) is 1. The van der Waals surface area contributed by atoms with Crippen LogP contribution in [0.1, 0.15) is 25.0 Å². The van der Waals surface area contributed by atoms with Gasteiger partial charge < -0.3 is 19.3 Å². The monoisotopic (exact) mass is 340 g/mol. The van der Waals surface area contributed by atoms with E-state index in [0.717, 1.165) is 0 Å². The first kappa shape index (κ1) is 16.9. The predicted octanol–water partition coefficient (Wildman–Crippen LogP) is 3.87. The molecule has 0 saturated heterocycles. The van der Waals surface area contributed by atoms with Crippen LogP contribution in [0.4, 0.5) is 0 Å². The smallest absolute Gasteiger partial charge is 0.336 e. The molecular weight excluding hydrogens is 320 g/mol. The van der Waals surface area contributed by atoms with Crippen LogP contribution >= 0.6 is 0 Å². The molecule has 2 aromatic carbocycles. The number of para-hydroxylation sites is 1. The van der Waals surface area contributed by atoms with Crippen LogP contribution in [0.2, 0.25) is 0 Å². The maximum Gasteiger partial charge on any atom is 0.336 e. The summed E-state index contributed by atoms with van der Waals surface area (Å²) >= 11 is 0. The summed E-state index contributed by atoms with van der Waals surface area (Å²) in [7, 11) is 0. The zero-order chi connectivity index (χ0) is 17.8. The van der Waals surface area contributed by atoms with Gasteiger partial charge in [0.15, 0.2) is 11.5 Å². The minimum absolute atomic E-state index is 0.00267. The van der Waals surface area contributed by atoms with E-state index in [0.29, 0.717) is 41.6 Å². The number of fused-ring (bicyclic) bond motifs is 1. The molecule has 1 aliphatic heterocycles. The summed E-state index contributed by atoms with van der Waals surface area (Å²) in [5, 5.41) is 9.68. The molecule has 0 saturated carbocycles. The van der Waals surface area contributed by atoms with Crippen molar-refractivity contribution in [1.82, 2.24) is 0 Å². The zero-order valence-electron chi connectivity index (χ0n) is 14.2. The lowest BCUT2D eigenvalue weighted by Crippen LogP contribution is -2.15. The number of carboxylic acids is 1. The highest BCUT2D eigenvalue weighted by molar-refractivity contribution is 6.21. The van der Waals surface area contributed by atoms with E-state index in [4.69, 9.17) is 14.2 Å². The fourth-order valence-corrected chi connectivity index (χ4v) is 2.60. The number of hydrogen-bond donors (Lipinski definition) is 1. The first-order valence-corrected chi connectivity index (χ1v) is 8.15. The Morgan fingerprint density at radius 2 is 1.84 bits per heavy atom. The molecule has 0 bridgehead atoms. The average Bonchev–Trinajstić information content (AvgIpc) is 2.60. The second kappa shape index (κ2) is 7.30. The fraction of sp³-hybridized carbons (Fsp3) is 0.250. The zero-order valence-corrected chi connectivity index (χ0v) is 14.2. The van der Waals surface area contributed by atoms with Crippen LogP contribution in [0.15, 0.2) is 42.5 Å². The first-order valence-electron chi connectivity index (χ1n) is 8.15. The first-order chi connectivity index (χ1) is 12.0. The molecule has 1 heterocycles. The summed E-state index contributed by atoms with van der Waals surface area (Å²) in [6.07, 6.45) is 1.61.